The molecule has 7 heteroatoms. The molecule has 1 aliphatic rings. The van der Waals surface area contributed by atoms with Crippen molar-refractivity contribution < 1.29 is 9.53 Å². The highest BCUT2D eigenvalue weighted by Gasteiger charge is 2.30. The maximum Gasteiger partial charge on any atom is 0.344 e. The summed E-state index contributed by atoms with van der Waals surface area (Å²) in [7, 11) is 0. The topological polar surface area (TPSA) is 77.0 Å². The van der Waals surface area contributed by atoms with Gasteiger partial charge in [0.25, 0.3) is 0 Å². The Balaban J connectivity index is 1.71. The molecule has 0 aliphatic heterocycles. The number of benzene rings is 1. The number of Topliss-reactive ketones (excluding diaryl/α,β-unsaturated/α-hetero) is 1. The Hall–Kier alpha value is -2.02. The number of ketones is 1. The molecular formula is C16H19N3O3S. The Morgan fingerprint density at radius 3 is 2.74 bits per heavy atom. The van der Waals surface area contributed by atoms with Crippen molar-refractivity contribution in [3.05, 3.63) is 40.3 Å². The first-order valence-electron chi connectivity index (χ1n) is 7.70. The van der Waals surface area contributed by atoms with Gasteiger partial charge in [0, 0.05) is 11.6 Å². The number of hydrogen-bond acceptors (Lipinski definition) is 5. The molecule has 1 aromatic heterocycles. The summed E-state index contributed by atoms with van der Waals surface area (Å²) in [6.45, 7) is 4.35. The molecule has 1 N–H and O–H groups in total. The number of aromatic nitrogens is 3. The van der Waals surface area contributed by atoms with Crippen LogP contribution in [0.4, 0.5) is 0 Å². The number of ether oxygens (including phenoxy) is 1. The first-order chi connectivity index (χ1) is 11.1. The summed E-state index contributed by atoms with van der Waals surface area (Å²) in [5, 5.41) is 6.79. The molecule has 23 heavy (non-hydrogen) atoms. The van der Waals surface area contributed by atoms with Crippen LogP contribution in [0.3, 0.4) is 0 Å². The lowest BCUT2D eigenvalue weighted by Crippen LogP contribution is -2.18. The van der Waals surface area contributed by atoms with Crippen molar-refractivity contribution in [2.24, 2.45) is 0 Å². The maximum absolute atomic E-state index is 12.5. The predicted octanol–water partition coefficient (Wildman–Crippen LogP) is 2.67. The summed E-state index contributed by atoms with van der Waals surface area (Å²) in [6.07, 6.45) is 1.99. The number of nitrogens with one attached hydrogen (secondary N) is 1. The molecule has 122 valence electrons. The predicted molar refractivity (Wildman–Crippen MR) is 88.4 cm³/mol. The van der Waals surface area contributed by atoms with Crippen molar-refractivity contribution in [3.8, 4) is 5.75 Å². The second-order valence-electron chi connectivity index (χ2n) is 5.49. The van der Waals surface area contributed by atoms with Crippen molar-refractivity contribution in [2.45, 2.75) is 43.1 Å². The summed E-state index contributed by atoms with van der Waals surface area (Å²) in [5.41, 5.74) is 0.431. The maximum atomic E-state index is 12.5. The quantitative estimate of drug-likeness (QED) is 0.623. The Morgan fingerprint density at radius 2 is 2.13 bits per heavy atom. The van der Waals surface area contributed by atoms with Crippen LogP contribution in [0.15, 0.2) is 34.2 Å². The molecule has 1 heterocycles. The molecule has 1 unspecified atom stereocenters. The van der Waals surface area contributed by atoms with Crippen LogP contribution in [0, 0.1) is 0 Å². The van der Waals surface area contributed by atoms with Gasteiger partial charge in [-0.05, 0) is 51.0 Å². The Morgan fingerprint density at radius 1 is 1.43 bits per heavy atom. The van der Waals surface area contributed by atoms with Gasteiger partial charge >= 0.3 is 5.69 Å². The zero-order chi connectivity index (χ0) is 16.4. The molecule has 0 spiro atoms. The van der Waals surface area contributed by atoms with Gasteiger partial charge < -0.3 is 4.74 Å². The van der Waals surface area contributed by atoms with Crippen LogP contribution in [0.5, 0.6) is 5.75 Å². The van der Waals surface area contributed by atoms with Crippen LogP contribution < -0.4 is 10.4 Å². The van der Waals surface area contributed by atoms with Gasteiger partial charge in [0.05, 0.1) is 11.9 Å². The SMILES string of the molecule is CCOc1ccc(C(=O)C(C)Sc2n[nH]c(=O)n2C2CC2)cc1. The van der Waals surface area contributed by atoms with E-state index in [0.717, 1.165) is 18.6 Å². The lowest BCUT2D eigenvalue weighted by molar-refractivity contribution is 0.0994. The molecule has 1 atom stereocenters. The Bertz CT molecular complexity index is 747. The van der Waals surface area contributed by atoms with E-state index in [-0.39, 0.29) is 22.8 Å². The molecular weight excluding hydrogens is 314 g/mol. The van der Waals surface area contributed by atoms with E-state index >= 15 is 0 Å². The zero-order valence-corrected chi connectivity index (χ0v) is 13.9. The Labute approximate surface area is 138 Å². The number of rotatable bonds is 7. The van der Waals surface area contributed by atoms with E-state index < -0.39 is 0 Å². The van der Waals surface area contributed by atoms with Gasteiger partial charge in [-0.2, -0.15) is 0 Å². The van der Waals surface area contributed by atoms with Gasteiger partial charge in [-0.15, -0.1) is 5.10 Å². The number of thioether (sulfide) groups is 1. The van der Waals surface area contributed by atoms with Crippen molar-refractivity contribution in [3.63, 3.8) is 0 Å². The van der Waals surface area contributed by atoms with Crippen LogP contribution in [0.1, 0.15) is 43.1 Å². The number of aromatic amines is 1. The third kappa shape index (κ3) is 3.50. The van der Waals surface area contributed by atoms with Gasteiger partial charge in [-0.3, -0.25) is 9.36 Å². The van der Waals surface area contributed by atoms with Crippen LogP contribution >= 0.6 is 11.8 Å². The standard InChI is InChI=1S/C16H19N3O3S/c1-3-22-13-8-4-11(5-9-13)14(20)10(2)23-16-18-17-15(21)19(16)12-6-7-12/h4-5,8-10,12H,3,6-7H2,1-2H3,(H,17,21). The fourth-order valence-electron chi connectivity index (χ4n) is 2.36. The van der Waals surface area contributed by atoms with Crippen molar-refractivity contribution in [1.82, 2.24) is 14.8 Å². The lowest BCUT2D eigenvalue weighted by Gasteiger charge is -2.11. The molecule has 0 radical (unpaired) electrons. The van der Waals surface area contributed by atoms with Crippen molar-refractivity contribution >= 4 is 17.5 Å². The largest absolute Gasteiger partial charge is 0.494 e. The first kappa shape index (κ1) is 15.9. The second kappa shape index (κ2) is 6.62. The molecule has 1 fully saturated rings. The van der Waals surface area contributed by atoms with Gasteiger partial charge in [0.15, 0.2) is 10.9 Å². The number of H-pyrrole nitrogens is 1. The fourth-order valence-corrected chi connectivity index (χ4v) is 3.36. The molecule has 6 nitrogen and oxygen atoms in total. The number of hydrogen-bond donors (Lipinski definition) is 1. The van der Waals surface area contributed by atoms with Gasteiger partial charge in [-0.1, -0.05) is 11.8 Å². The van der Waals surface area contributed by atoms with Gasteiger partial charge in [0.1, 0.15) is 5.75 Å². The third-order valence-corrected chi connectivity index (χ3v) is 4.75. The number of carbonyl (C=O) groups is 1. The van der Waals surface area contributed by atoms with Gasteiger partial charge in [-0.25, -0.2) is 9.89 Å². The summed E-state index contributed by atoms with van der Waals surface area (Å²) < 4.78 is 7.04. The van der Waals surface area contributed by atoms with E-state index in [4.69, 9.17) is 4.74 Å². The summed E-state index contributed by atoms with van der Waals surface area (Å²) in [4.78, 5) is 24.3. The van der Waals surface area contributed by atoms with E-state index in [1.807, 2.05) is 13.8 Å². The van der Waals surface area contributed by atoms with E-state index in [1.165, 1.54) is 11.8 Å². The van der Waals surface area contributed by atoms with Crippen molar-refractivity contribution in [1.29, 1.82) is 0 Å². The summed E-state index contributed by atoms with van der Waals surface area (Å²) in [6, 6.07) is 7.36. The average Bonchev–Trinajstić information content (AvgIpc) is 3.32. The third-order valence-electron chi connectivity index (χ3n) is 3.69. The van der Waals surface area contributed by atoms with E-state index in [0.29, 0.717) is 17.3 Å². The zero-order valence-electron chi connectivity index (χ0n) is 13.1. The number of carbonyl (C=O) groups excluding carboxylic acids is 1. The molecule has 2 aromatic rings. The van der Waals surface area contributed by atoms with Crippen LogP contribution in [0.2, 0.25) is 0 Å². The van der Waals surface area contributed by atoms with Crippen LogP contribution in [0.25, 0.3) is 0 Å². The highest BCUT2D eigenvalue weighted by Crippen LogP contribution is 2.37. The van der Waals surface area contributed by atoms with Crippen LogP contribution in [-0.4, -0.2) is 32.4 Å². The van der Waals surface area contributed by atoms with Gasteiger partial charge in [0.2, 0.25) is 0 Å². The molecule has 0 saturated heterocycles. The monoisotopic (exact) mass is 333 g/mol. The highest BCUT2D eigenvalue weighted by molar-refractivity contribution is 8.00. The summed E-state index contributed by atoms with van der Waals surface area (Å²) in [5.74, 6) is 0.759. The van der Waals surface area contributed by atoms with E-state index in [9.17, 15) is 9.59 Å². The molecule has 0 amide bonds. The van der Waals surface area contributed by atoms with E-state index in [1.54, 1.807) is 28.8 Å². The van der Waals surface area contributed by atoms with Crippen molar-refractivity contribution in [2.75, 3.05) is 6.61 Å². The summed E-state index contributed by atoms with van der Waals surface area (Å²) >= 11 is 1.32. The minimum atomic E-state index is -0.319. The molecule has 0 bridgehead atoms. The normalized spacial score (nSPS) is 15.4. The molecule has 3 rings (SSSR count). The fraction of sp³-hybridized carbons (Fsp3) is 0.438. The first-order valence-corrected chi connectivity index (χ1v) is 8.58. The molecule has 1 aromatic carbocycles. The minimum Gasteiger partial charge on any atom is -0.494 e. The lowest BCUT2D eigenvalue weighted by atomic mass is 10.1. The minimum absolute atomic E-state index is 0.0100. The molecule has 1 aliphatic carbocycles. The Kier molecular flexibility index (Phi) is 4.56. The smallest absolute Gasteiger partial charge is 0.344 e. The van der Waals surface area contributed by atoms with Crippen LogP contribution in [-0.2, 0) is 0 Å². The van der Waals surface area contributed by atoms with E-state index in [2.05, 4.69) is 10.2 Å². The molecule has 1 saturated carbocycles. The second-order valence-corrected chi connectivity index (χ2v) is 6.80. The average molecular weight is 333 g/mol. The highest BCUT2D eigenvalue weighted by atomic mass is 32.2. The number of nitrogens with zero attached hydrogens (tertiary/aromatic N) is 2.